The van der Waals surface area contributed by atoms with Crippen LogP contribution in [0.15, 0.2) is 18.5 Å². The summed E-state index contributed by atoms with van der Waals surface area (Å²) < 4.78 is 0. The molecule has 122 valence electrons. The zero-order chi connectivity index (χ0) is 17.0. The molecule has 0 aromatic carbocycles. The van der Waals surface area contributed by atoms with Crippen LogP contribution in [0.2, 0.25) is 18.1 Å². The van der Waals surface area contributed by atoms with Gasteiger partial charge in [0.25, 0.3) is 0 Å². The van der Waals surface area contributed by atoms with Crippen LogP contribution >= 0.6 is 0 Å². The van der Waals surface area contributed by atoms with E-state index in [1.165, 1.54) is 12.4 Å². The Morgan fingerprint density at radius 1 is 1.27 bits per heavy atom. The quantitative estimate of drug-likeness (QED) is 0.558. The first-order chi connectivity index (χ1) is 10.0. The molecule has 0 spiro atoms. The lowest BCUT2D eigenvalue weighted by atomic mass is 9.97. The molecule has 0 fully saturated rings. The Morgan fingerprint density at radius 2 is 1.82 bits per heavy atom. The van der Waals surface area contributed by atoms with Crippen LogP contribution in [0.3, 0.4) is 0 Å². The van der Waals surface area contributed by atoms with E-state index in [0.29, 0.717) is 6.42 Å². The number of hydrogen-bond donors (Lipinski definition) is 3. The van der Waals surface area contributed by atoms with Crippen molar-refractivity contribution in [3.05, 3.63) is 24.3 Å². The smallest absolute Gasteiger partial charge is 0.307 e. The Hall–Kier alpha value is -1.80. The highest BCUT2D eigenvalue weighted by atomic mass is 28.4. The molecule has 0 bridgehead atoms. The average Bonchev–Trinajstić information content (AvgIpc) is 2.43. The molecule has 0 saturated carbocycles. The van der Waals surface area contributed by atoms with Crippen LogP contribution in [-0.4, -0.2) is 34.9 Å². The highest BCUT2D eigenvalue weighted by molar-refractivity contribution is 6.72. The monoisotopic (exact) mass is 324 g/mol. The lowest BCUT2D eigenvalue weighted by Gasteiger charge is -2.36. The third kappa shape index (κ3) is 4.88. The molecule has 0 aliphatic carbocycles. The number of amides is 2. The Bertz CT molecular complexity index is 529. The van der Waals surface area contributed by atoms with Gasteiger partial charge in [-0.25, -0.2) is 9.97 Å². The first-order valence-electron chi connectivity index (χ1n) is 7.14. The predicted octanol–water partition coefficient (Wildman–Crippen LogP) is 1.24. The van der Waals surface area contributed by atoms with Crippen LogP contribution in [0, 0.1) is 5.92 Å². The van der Waals surface area contributed by atoms with Crippen LogP contribution in [-0.2, 0) is 4.79 Å². The van der Waals surface area contributed by atoms with Gasteiger partial charge in [-0.2, -0.15) is 0 Å². The Morgan fingerprint density at radius 3 is 2.32 bits per heavy atom. The van der Waals surface area contributed by atoms with E-state index in [-0.39, 0.29) is 22.7 Å². The summed E-state index contributed by atoms with van der Waals surface area (Å²) in [5, 5.41) is -0.309. The van der Waals surface area contributed by atoms with E-state index in [1.54, 1.807) is 13.0 Å². The summed E-state index contributed by atoms with van der Waals surface area (Å²) >= 11 is 0. The van der Waals surface area contributed by atoms with Gasteiger partial charge < -0.3 is 4.80 Å². The maximum absolute atomic E-state index is 12.1. The maximum atomic E-state index is 12.1. The Labute approximate surface area is 131 Å². The fourth-order valence-corrected chi connectivity index (χ4v) is 2.63. The number of aromatic nitrogens is 2. The third-order valence-electron chi connectivity index (χ3n) is 3.99. The van der Waals surface area contributed by atoms with Gasteiger partial charge in [-0.05, 0) is 30.6 Å². The van der Waals surface area contributed by atoms with E-state index in [1.807, 2.05) is 26.9 Å². The molecule has 1 heterocycles. The minimum absolute atomic E-state index is 0.0142. The average molecular weight is 324 g/mol. The molecular formula is C14H24N4O3Si. The highest BCUT2D eigenvalue weighted by Crippen LogP contribution is 2.41. The van der Waals surface area contributed by atoms with Crippen molar-refractivity contribution in [2.45, 2.75) is 45.3 Å². The van der Waals surface area contributed by atoms with Crippen molar-refractivity contribution in [3.63, 3.8) is 0 Å². The molecule has 3 N–H and O–H groups in total. The van der Waals surface area contributed by atoms with Crippen LogP contribution in [0.5, 0.6) is 0 Å². The van der Waals surface area contributed by atoms with Crippen LogP contribution < -0.4 is 10.9 Å². The zero-order valence-corrected chi connectivity index (χ0v) is 14.7. The van der Waals surface area contributed by atoms with Gasteiger partial charge in [0.1, 0.15) is 0 Å². The van der Waals surface area contributed by atoms with Gasteiger partial charge in [0.15, 0.2) is 8.32 Å². The molecule has 7 nitrogen and oxygen atoms in total. The molecule has 0 saturated heterocycles. The lowest BCUT2D eigenvalue weighted by molar-refractivity contribution is -0.125. The molecule has 1 rings (SSSR count). The highest BCUT2D eigenvalue weighted by Gasteiger charge is 2.40. The molecule has 1 atom stereocenters. The molecule has 8 heteroatoms. The molecule has 2 amide bonds. The molecule has 0 unspecified atom stereocenters. The van der Waals surface area contributed by atoms with Gasteiger partial charge in [0, 0.05) is 18.3 Å². The first kappa shape index (κ1) is 18.2. The van der Waals surface area contributed by atoms with Crippen molar-refractivity contribution in [3.8, 4) is 0 Å². The van der Waals surface area contributed by atoms with Crippen molar-refractivity contribution < 1.29 is 14.4 Å². The summed E-state index contributed by atoms with van der Waals surface area (Å²) in [6, 6.07) is 1.60. The van der Waals surface area contributed by atoms with Gasteiger partial charge in [-0.15, -0.1) is 0 Å². The zero-order valence-electron chi connectivity index (χ0n) is 13.7. The first-order valence-corrected chi connectivity index (χ1v) is 10.1. The summed E-state index contributed by atoms with van der Waals surface area (Å²) in [5.41, 5.74) is 4.66. The fraction of sp³-hybridized carbons (Fsp3) is 0.571. The topological polar surface area (TPSA) is 104 Å². The van der Waals surface area contributed by atoms with Crippen molar-refractivity contribution in [1.29, 1.82) is 0 Å². The molecule has 22 heavy (non-hydrogen) atoms. The Balaban J connectivity index is 2.54. The van der Waals surface area contributed by atoms with E-state index < -0.39 is 14.2 Å². The predicted molar refractivity (Wildman–Crippen MR) is 85.2 cm³/mol. The van der Waals surface area contributed by atoms with Crippen molar-refractivity contribution in [1.82, 2.24) is 20.8 Å². The number of hydrogen-bond acceptors (Lipinski definition) is 5. The normalized spacial score (nSPS) is 13.4. The molecule has 1 aromatic heterocycles. The molecule has 0 aliphatic heterocycles. The van der Waals surface area contributed by atoms with E-state index in [9.17, 15) is 14.4 Å². The van der Waals surface area contributed by atoms with E-state index in [0.717, 1.165) is 0 Å². The van der Waals surface area contributed by atoms with E-state index in [2.05, 4.69) is 20.8 Å². The van der Waals surface area contributed by atoms with Crippen molar-refractivity contribution in [2.75, 3.05) is 0 Å². The van der Waals surface area contributed by atoms with E-state index in [4.69, 9.17) is 0 Å². The number of hydrazine groups is 1. The standard InChI is InChI=1S/C14H24N4O3Si/c1-10(9-14(2,3)22(4,5)21)12(19)17-18-13(20)11-15-7-6-8-16-11/h6-8,10,21H,9H2,1-5H3,(H,17,19)(H,18,20)/t10-/m0/s1. The van der Waals surface area contributed by atoms with Gasteiger partial charge in [0.2, 0.25) is 11.7 Å². The molecule has 0 radical (unpaired) electrons. The minimum atomic E-state index is -2.38. The summed E-state index contributed by atoms with van der Waals surface area (Å²) in [6.07, 6.45) is 3.43. The number of carbonyl (C=O) groups is 2. The SMILES string of the molecule is C[C@@H](CC(C)(C)[Si](C)(C)O)C(=O)NNC(=O)c1ncccn1. The van der Waals surface area contributed by atoms with Crippen molar-refractivity contribution >= 4 is 20.1 Å². The number of carbonyl (C=O) groups excluding carboxylic acids is 2. The largest absolute Gasteiger partial charge is 0.432 e. The van der Waals surface area contributed by atoms with Gasteiger partial charge in [-0.3, -0.25) is 20.4 Å². The maximum Gasteiger partial charge on any atom is 0.307 e. The number of nitrogens with one attached hydrogen (secondary N) is 2. The molecule has 1 aromatic rings. The second-order valence-corrected chi connectivity index (χ2v) is 11.0. The summed E-state index contributed by atoms with van der Waals surface area (Å²) in [5.74, 6) is -1.24. The molecular weight excluding hydrogens is 300 g/mol. The van der Waals surface area contributed by atoms with Crippen LogP contribution in [0.1, 0.15) is 37.8 Å². The second kappa shape index (κ2) is 6.97. The number of nitrogens with zero attached hydrogens (tertiary/aromatic N) is 2. The number of rotatable bonds is 5. The summed E-state index contributed by atoms with van der Waals surface area (Å²) in [7, 11) is -2.38. The van der Waals surface area contributed by atoms with Crippen LogP contribution in [0.4, 0.5) is 0 Å². The molecule has 0 aliphatic rings. The van der Waals surface area contributed by atoms with Gasteiger partial charge >= 0.3 is 5.91 Å². The van der Waals surface area contributed by atoms with Crippen molar-refractivity contribution in [2.24, 2.45) is 5.92 Å². The third-order valence-corrected chi connectivity index (χ3v) is 7.50. The minimum Gasteiger partial charge on any atom is -0.432 e. The van der Waals surface area contributed by atoms with Gasteiger partial charge in [-0.1, -0.05) is 20.8 Å². The van der Waals surface area contributed by atoms with Crippen LogP contribution in [0.25, 0.3) is 0 Å². The lowest BCUT2D eigenvalue weighted by Crippen LogP contribution is -2.46. The summed E-state index contributed by atoms with van der Waals surface area (Å²) in [6.45, 7) is 9.39. The second-order valence-electron chi connectivity index (χ2n) is 6.56. The van der Waals surface area contributed by atoms with Gasteiger partial charge in [0.05, 0.1) is 0 Å². The Kier molecular flexibility index (Phi) is 5.78. The fourth-order valence-electron chi connectivity index (χ4n) is 1.82. The summed E-state index contributed by atoms with van der Waals surface area (Å²) in [4.78, 5) is 41.6. The van der Waals surface area contributed by atoms with E-state index >= 15 is 0 Å².